The third kappa shape index (κ3) is 6.04. The molecule has 180 valence electrons. The normalized spacial score (nSPS) is 11.9. The van der Waals surface area contributed by atoms with E-state index in [1.165, 1.54) is 35.0 Å². The van der Waals surface area contributed by atoms with Crippen LogP contribution in [0.2, 0.25) is 0 Å². The van der Waals surface area contributed by atoms with Crippen LogP contribution in [-0.4, -0.2) is 47.7 Å². The summed E-state index contributed by atoms with van der Waals surface area (Å²) in [4.78, 5) is 35.5. The lowest BCUT2D eigenvalue weighted by atomic mass is 9.98. The number of fused-ring (bicyclic) bond motifs is 3. The number of anilines is 1. The minimum Gasteiger partial charge on any atom is -0.478 e. The second-order valence-electron chi connectivity index (χ2n) is 7.85. The maximum atomic E-state index is 12.2. The molecule has 4 rings (SSSR count). The molecule has 7 nitrogen and oxygen atoms in total. The summed E-state index contributed by atoms with van der Waals surface area (Å²) in [5.41, 5.74) is 5.14. The van der Waals surface area contributed by atoms with Gasteiger partial charge in [0.15, 0.2) is 0 Å². The Hall–Kier alpha value is -3.30. The summed E-state index contributed by atoms with van der Waals surface area (Å²) >= 11 is 4.65. The first kappa shape index (κ1) is 24.8. The Balaban J connectivity index is 1.18. The van der Waals surface area contributed by atoms with Gasteiger partial charge < -0.3 is 20.5 Å². The van der Waals surface area contributed by atoms with Gasteiger partial charge in [0.25, 0.3) is 0 Å². The molecule has 2 amide bonds. The molecule has 0 saturated heterocycles. The van der Waals surface area contributed by atoms with Crippen LogP contribution < -0.4 is 10.6 Å². The van der Waals surface area contributed by atoms with E-state index in [1.54, 1.807) is 6.07 Å². The topological polar surface area (TPSA) is 105 Å². The molecule has 0 saturated carbocycles. The Morgan fingerprint density at radius 1 is 0.971 bits per heavy atom. The number of carboxylic acid groups (broad SMARTS) is 1. The second-order valence-corrected chi connectivity index (χ2v) is 9.81. The Bertz CT molecular complexity index is 1220. The van der Waals surface area contributed by atoms with Crippen molar-refractivity contribution in [1.82, 2.24) is 5.32 Å². The molecular weight excluding hydrogens is 532 g/mol. The van der Waals surface area contributed by atoms with Gasteiger partial charge in [-0.15, -0.1) is 0 Å². The van der Waals surface area contributed by atoms with Gasteiger partial charge in [0, 0.05) is 22.7 Å². The number of thioether (sulfide) groups is 1. The van der Waals surface area contributed by atoms with Crippen LogP contribution in [0.1, 0.15) is 27.4 Å². The molecule has 0 atom stereocenters. The van der Waals surface area contributed by atoms with Crippen LogP contribution >= 0.6 is 27.7 Å². The number of aromatic carboxylic acids is 1. The maximum absolute atomic E-state index is 12.2. The molecule has 9 heteroatoms. The van der Waals surface area contributed by atoms with Crippen molar-refractivity contribution in [3.05, 3.63) is 87.9 Å². The smallest absolute Gasteiger partial charge is 0.407 e. The molecule has 1 aliphatic rings. The predicted molar refractivity (Wildman–Crippen MR) is 140 cm³/mol. The van der Waals surface area contributed by atoms with E-state index in [1.807, 2.05) is 24.3 Å². The molecule has 0 unspecified atom stereocenters. The molecule has 0 fully saturated rings. The first-order valence-electron chi connectivity index (χ1n) is 10.9. The zero-order valence-electron chi connectivity index (χ0n) is 18.6. The highest BCUT2D eigenvalue weighted by molar-refractivity contribution is 9.10. The summed E-state index contributed by atoms with van der Waals surface area (Å²) in [7, 11) is 0. The summed E-state index contributed by atoms with van der Waals surface area (Å²) in [6, 6.07) is 20.7. The van der Waals surface area contributed by atoms with Crippen molar-refractivity contribution in [3.8, 4) is 11.1 Å². The number of halogens is 1. The number of nitrogens with one attached hydrogen (secondary N) is 2. The summed E-state index contributed by atoms with van der Waals surface area (Å²) in [5, 5.41) is 14.5. The molecule has 3 aromatic rings. The van der Waals surface area contributed by atoms with Gasteiger partial charge in [0.2, 0.25) is 5.91 Å². The van der Waals surface area contributed by atoms with Gasteiger partial charge in [-0.1, -0.05) is 48.5 Å². The number of rotatable bonds is 9. The Labute approximate surface area is 215 Å². The zero-order chi connectivity index (χ0) is 24.8. The van der Waals surface area contributed by atoms with Crippen molar-refractivity contribution in [3.63, 3.8) is 0 Å². The van der Waals surface area contributed by atoms with Gasteiger partial charge in [0.05, 0.1) is 17.0 Å². The number of hydrogen-bond acceptors (Lipinski definition) is 5. The lowest BCUT2D eigenvalue weighted by Crippen LogP contribution is -2.28. The number of carbonyl (C=O) groups excluding carboxylic acids is 2. The fourth-order valence-corrected chi connectivity index (χ4v) is 4.97. The Morgan fingerprint density at radius 3 is 2.29 bits per heavy atom. The number of carboxylic acids is 1. The van der Waals surface area contributed by atoms with Crippen LogP contribution in [0.25, 0.3) is 11.1 Å². The summed E-state index contributed by atoms with van der Waals surface area (Å²) in [6.45, 7) is 0.604. The van der Waals surface area contributed by atoms with E-state index < -0.39 is 12.1 Å². The number of hydrogen-bond donors (Lipinski definition) is 3. The average molecular weight is 555 g/mol. The van der Waals surface area contributed by atoms with E-state index in [4.69, 9.17) is 9.84 Å². The largest absolute Gasteiger partial charge is 0.478 e. The van der Waals surface area contributed by atoms with Crippen molar-refractivity contribution in [2.45, 2.75) is 5.92 Å². The summed E-state index contributed by atoms with van der Waals surface area (Å²) in [5.74, 6) is -0.643. The molecule has 3 aromatic carbocycles. The van der Waals surface area contributed by atoms with Crippen LogP contribution in [0.4, 0.5) is 10.5 Å². The van der Waals surface area contributed by atoms with Gasteiger partial charge in [-0.05, 0) is 56.4 Å². The number of alkyl carbamates (subject to hydrolysis) is 1. The lowest BCUT2D eigenvalue weighted by Gasteiger charge is -2.14. The molecule has 1 aliphatic carbocycles. The molecule has 0 bridgehead atoms. The van der Waals surface area contributed by atoms with Crippen molar-refractivity contribution >= 4 is 51.3 Å². The van der Waals surface area contributed by atoms with Gasteiger partial charge in [0.1, 0.15) is 6.61 Å². The summed E-state index contributed by atoms with van der Waals surface area (Å²) < 4.78 is 6.09. The highest BCUT2D eigenvalue weighted by atomic mass is 79.9. The SMILES string of the molecule is O=C(CSCCNC(=O)OCC1c2ccccc2-c2ccccc21)Nc1cc(C(=O)O)ccc1Br. The molecule has 0 spiro atoms. The standard InChI is InChI=1S/C26H23BrN2O5S/c27-22-10-9-16(25(31)32)13-23(22)29-24(30)15-35-12-11-28-26(33)34-14-21-19-7-3-1-5-17(19)18-6-2-4-8-20(18)21/h1-10,13,21H,11-12,14-15H2,(H,28,33)(H,29,30)(H,31,32). The Morgan fingerprint density at radius 2 is 1.63 bits per heavy atom. The van der Waals surface area contributed by atoms with E-state index in [-0.39, 0.29) is 29.7 Å². The van der Waals surface area contributed by atoms with Crippen molar-refractivity contribution in [2.24, 2.45) is 0 Å². The van der Waals surface area contributed by atoms with E-state index in [2.05, 4.69) is 50.8 Å². The summed E-state index contributed by atoms with van der Waals surface area (Å²) in [6.07, 6.45) is -0.494. The quantitative estimate of drug-likeness (QED) is 0.307. The minimum atomic E-state index is -1.07. The van der Waals surface area contributed by atoms with Crippen LogP contribution in [0.15, 0.2) is 71.2 Å². The number of amides is 2. The van der Waals surface area contributed by atoms with E-state index in [0.717, 1.165) is 11.1 Å². The molecule has 35 heavy (non-hydrogen) atoms. The van der Waals surface area contributed by atoms with Crippen molar-refractivity contribution in [2.75, 3.05) is 30.0 Å². The van der Waals surface area contributed by atoms with Gasteiger partial charge in [-0.25, -0.2) is 9.59 Å². The van der Waals surface area contributed by atoms with Crippen LogP contribution in [0.3, 0.4) is 0 Å². The molecule has 0 aromatic heterocycles. The van der Waals surface area contributed by atoms with Crippen LogP contribution in [0.5, 0.6) is 0 Å². The highest BCUT2D eigenvalue weighted by Gasteiger charge is 2.28. The molecule has 0 radical (unpaired) electrons. The second kappa shape index (κ2) is 11.4. The van der Waals surface area contributed by atoms with E-state index >= 15 is 0 Å². The fourth-order valence-electron chi connectivity index (χ4n) is 3.98. The number of benzene rings is 3. The third-order valence-corrected chi connectivity index (χ3v) is 7.23. The van der Waals surface area contributed by atoms with Crippen molar-refractivity contribution < 1.29 is 24.2 Å². The predicted octanol–water partition coefficient (Wildman–Crippen LogP) is 5.36. The third-order valence-electron chi connectivity index (χ3n) is 5.58. The highest BCUT2D eigenvalue weighted by Crippen LogP contribution is 2.44. The van der Waals surface area contributed by atoms with Gasteiger partial charge in [-0.2, -0.15) is 11.8 Å². The number of ether oxygens (including phenoxy) is 1. The zero-order valence-corrected chi connectivity index (χ0v) is 21.0. The lowest BCUT2D eigenvalue weighted by molar-refractivity contribution is -0.113. The van der Waals surface area contributed by atoms with E-state index in [9.17, 15) is 14.4 Å². The molecule has 3 N–H and O–H groups in total. The molecular formula is C26H23BrN2O5S. The first-order chi connectivity index (χ1) is 16.9. The maximum Gasteiger partial charge on any atom is 0.407 e. The Kier molecular flexibility index (Phi) is 8.09. The molecule has 0 heterocycles. The van der Waals surface area contributed by atoms with Crippen LogP contribution in [-0.2, 0) is 9.53 Å². The first-order valence-corrected chi connectivity index (χ1v) is 12.9. The monoisotopic (exact) mass is 554 g/mol. The number of carbonyl (C=O) groups is 3. The average Bonchev–Trinajstić information content (AvgIpc) is 3.17. The van der Waals surface area contributed by atoms with Gasteiger partial charge in [-0.3, -0.25) is 4.79 Å². The van der Waals surface area contributed by atoms with Crippen molar-refractivity contribution in [1.29, 1.82) is 0 Å². The van der Waals surface area contributed by atoms with Crippen LogP contribution in [0, 0.1) is 0 Å². The molecule has 0 aliphatic heterocycles. The van der Waals surface area contributed by atoms with Gasteiger partial charge >= 0.3 is 12.1 Å². The van der Waals surface area contributed by atoms with E-state index in [0.29, 0.717) is 22.5 Å². The fraction of sp³-hybridized carbons (Fsp3) is 0.192. The minimum absolute atomic E-state index is 0.00479.